The molecule has 1 heterocycles. The molecule has 0 aliphatic carbocycles. The maximum Gasteiger partial charge on any atom is 0.0443 e. The van der Waals surface area contributed by atoms with Crippen LogP contribution < -0.4 is 4.90 Å². The zero-order valence-corrected chi connectivity index (χ0v) is 22.8. The van der Waals surface area contributed by atoms with Crippen molar-refractivity contribution >= 4 is 23.5 Å². The predicted molar refractivity (Wildman–Crippen MR) is 158 cm³/mol. The molecule has 1 nitrogen and oxygen atoms in total. The fourth-order valence-electron chi connectivity index (χ4n) is 5.15. The summed E-state index contributed by atoms with van der Waals surface area (Å²) in [5, 5.41) is 0. The molecule has 190 valence electrons. The summed E-state index contributed by atoms with van der Waals surface area (Å²) in [4.78, 5) is 2.62. The monoisotopic (exact) mass is 471 g/mol. The molecular weight excluding hydrogens is 422 g/mol. The first kappa shape index (κ1) is 27.3. The number of anilines is 2. The Balaban J connectivity index is 1.80. The highest BCUT2D eigenvalue weighted by atomic mass is 15.1. The number of aryl methyl sites for hydroxylation is 2. The predicted octanol–water partition coefficient (Wildman–Crippen LogP) is 10.7. The molecule has 3 rings (SSSR count). The summed E-state index contributed by atoms with van der Waals surface area (Å²) in [5.41, 5.74) is 8.56. The molecule has 1 aliphatic rings. The van der Waals surface area contributed by atoms with E-state index >= 15 is 0 Å². The van der Waals surface area contributed by atoms with Gasteiger partial charge >= 0.3 is 0 Å². The van der Waals surface area contributed by atoms with Gasteiger partial charge in [-0.15, -0.1) is 0 Å². The van der Waals surface area contributed by atoms with E-state index in [9.17, 15) is 0 Å². The van der Waals surface area contributed by atoms with E-state index in [2.05, 4.69) is 86.4 Å². The van der Waals surface area contributed by atoms with E-state index < -0.39 is 0 Å². The summed E-state index contributed by atoms with van der Waals surface area (Å²) in [6.45, 7) is 7.95. The van der Waals surface area contributed by atoms with Crippen LogP contribution in [0.15, 0.2) is 48.6 Å². The minimum absolute atomic E-state index is 1.11. The van der Waals surface area contributed by atoms with Gasteiger partial charge in [0.2, 0.25) is 0 Å². The number of rotatable bonds is 15. The normalized spacial score (nSPS) is 13.4. The molecule has 1 heteroatoms. The van der Waals surface area contributed by atoms with Gasteiger partial charge in [-0.1, -0.05) is 102 Å². The third-order valence-corrected chi connectivity index (χ3v) is 7.26. The molecule has 0 fully saturated rings. The van der Waals surface area contributed by atoms with Crippen LogP contribution >= 0.6 is 0 Å². The van der Waals surface area contributed by atoms with Crippen LogP contribution in [0.2, 0.25) is 0 Å². The average molecular weight is 472 g/mol. The van der Waals surface area contributed by atoms with E-state index in [-0.39, 0.29) is 0 Å². The average Bonchev–Trinajstić information content (AvgIpc) is 3.02. The summed E-state index contributed by atoms with van der Waals surface area (Å²) in [7, 11) is 0. The van der Waals surface area contributed by atoms with Crippen molar-refractivity contribution in [2.45, 2.75) is 111 Å². The van der Waals surface area contributed by atoms with Crippen molar-refractivity contribution in [2.24, 2.45) is 0 Å². The Hall–Kier alpha value is -2.28. The second-order valence-corrected chi connectivity index (χ2v) is 10.3. The highest BCUT2D eigenvalue weighted by Gasteiger charge is 2.20. The van der Waals surface area contributed by atoms with Crippen molar-refractivity contribution in [1.82, 2.24) is 0 Å². The maximum absolute atomic E-state index is 2.62. The number of hydrogen-bond donors (Lipinski definition) is 0. The molecule has 0 bridgehead atoms. The number of allylic oxidation sites excluding steroid dienone is 2. The van der Waals surface area contributed by atoms with E-state index in [0.29, 0.717) is 0 Å². The summed E-state index contributed by atoms with van der Waals surface area (Å²) >= 11 is 0. The lowest BCUT2D eigenvalue weighted by molar-refractivity contribution is 0.668. The molecule has 1 aliphatic heterocycles. The molecule has 0 saturated heterocycles. The van der Waals surface area contributed by atoms with E-state index in [1.165, 1.54) is 111 Å². The SMILES string of the molecule is CCCCC/C=C/c1ccc2c(c1)CCc1cc(/C=C/CCCCC)ccc1N2CCCCCC. The van der Waals surface area contributed by atoms with Gasteiger partial charge in [0.1, 0.15) is 0 Å². The Labute approximate surface area is 216 Å². The van der Waals surface area contributed by atoms with E-state index in [4.69, 9.17) is 0 Å². The van der Waals surface area contributed by atoms with Crippen molar-refractivity contribution in [2.75, 3.05) is 11.4 Å². The Morgan fingerprint density at radius 1 is 0.600 bits per heavy atom. The van der Waals surface area contributed by atoms with E-state index in [0.717, 1.165) is 19.4 Å². The van der Waals surface area contributed by atoms with E-state index in [1.807, 2.05) is 0 Å². The van der Waals surface area contributed by atoms with Gasteiger partial charge in [0.15, 0.2) is 0 Å². The maximum atomic E-state index is 2.62. The van der Waals surface area contributed by atoms with Gasteiger partial charge in [-0.2, -0.15) is 0 Å². The Morgan fingerprint density at radius 2 is 1.09 bits per heavy atom. The molecule has 2 aromatic rings. The van der Waals surface area contributed by atoms with Crippen molar-refractivity contribution < 1.29 is 0 Å². The van der Waals surface area contributed by atoms with Gasteiger partial charge < -0.3 is 4.90 Å². The first-order valence-electron chi connectivity index (χ1n) is 14.6. The number of benzene rings is 2. The minimum atomic E-state index is 1.11. The van der Waals surface area contributed by atoms with Crippen LogP contribution in [0, 0.1) is 0 Å². The van der Waals surface area contributed by atoms with Crippen molar-refractivity contribution in [3.8, 4) is 0 Å². The molecule has 2 aromatic carbocycles. The minimum Gasteiger partial charge on any atom is -0.341 e. The number of hydrogen-bond acceptors (Lipinski definition) is 1. The molecule has 0 spiro atoms. The van der Waals surface area contributed by atoms with Gasteiger partial charge in [0.05, 0.1) is 0 Å². The molecular formula is C34H49N. The van der Waals surface area contributed by atoms with Crippen molar-refractivity contribution in [1.29, 1.82) is 0 Å². The van der Waals surface area contributed by atoms with Gasteiger partial charge in [-0.05, 0) is 91.5 Å². The fraction of sp³-hybridized carbons (Fsp3) is 0.529. The largest absolute Gasteiger partial charge is 0.341 e. The third kappa shape index (κ3) is 8.71. The number of unbranched alkanes of at least 4 members (excludes halogenated alkanes) is 9. The summed E-state index contributed by atoms with van der Waals surface area (Å²) in [6, 6.07) is 14.3. The zero-order chi connectivity index (χ0) is 24.7. The van der Waals surface area contributed by atoms with Crippen LogP contribution in [-0.4, -0.2) is 6.54 Å². The third-order valence-electron chi connectivity index (χ3n) is 7.26. The molecule has 0 saturated carbocycles. The Bertz CT molecular complexity index is 864. The fourth-order valence-corrected chi connectivity index (χ4v) is 5.15. The topological polar surface area (TPSA) is 3.24 Å². The molecule has 0 aromatic heterocycles. The molecule has 35 heavy (non-hydrogen) atoms. The molecule has 0 radical (unpaired) electrons. The molecule has 0 N–H and O–H groups in total. The van der Waals surface area contributed by atoms with Gasteiger partial charge in [-0.3, -0.25) is 0 Å². The van der Waals surface area contributed by atoms with Crippen LogP contribution in [0.25, 0.3) is 12.2 Å². The van der Waals surface area contributed by atoms with Crippen LogP contribution in [0.3, 0.4) is 0 Å². The first-order chi connectivity index (χ1) is 17.3. The highest BCUT2D eigenvalue weighted by molar-refractivity contribution is 5.74. The second kappa shape index (κ2) is 15.7. The molecule has 0 unspecified atom stereocenters. The number of nitrogens with zero attached hydrogens (tertiary/aromatic N) is 1. The lowest BCUT2D eigenvalue weighted by atomic mass is 10.0. The van der Waals surface area contributed by atoms with Gasteiger partial charge in [0.25, 0.3) is 0 Å². The molecule has 0 amide bonds. The second-order valence-electron chi connectivity index (χ2n) is 10.3. The lowest BCUT2D eigenvalue weighted by Crippen LogP contribution is -2.19. The summed E-state index contributed by atoms with van der Waals surface area (Å²) < 4.78 is 0. The lowest BCUT2D eigenvalue weighted by Gasteiger charge is -2.27. The van der Waals surface area contributed by atoms with Crippen LogP contribution in [0.4, 0.5) is 11.4 Å². The quantitative estimate of drug-likeness (QED) is 0.233. The summed E-state index contributed by atoms with van der Waals surface area (Å²) in [6.07, 6.45) is 27.0. The van der Waals surface area contributed by atoms with Crippen LogP contribution in [-0.2, 0) is 12.8 Å². The van der Waals surface area contributed by atoms with Gasteiger partial charge in [-0.25, -0.2) is 0 Å². The van der Waals surface area contributed by atoms with E-state index in [1.54, 1.807) is 0 Å². The van der Waals surface area contributed by atoms with Crippen molar-refractivity contribution in [3.05, 3.63) is 70.8 Å². The Morgan fingerprint density at radius 3 is 1.57 bits per heavy atom. The highest BCUT2D eigenvalue weighted by Crippen LogP contribution is 2.37. The summed E-state index contributed by atoms with van der Waals surface area (Å²) in [5.74, 6) is 0. The number of fused-ring (bicyclic) bond motifs is 2. The first-order valence-corrected chi connectivity index (χ1v) is 14.6. The van der Waals surface area contributed by atoms with Crippen LogP contribution in [0.5, 0.6) is 0 Å². The standard InChI is InChI=1S/C34H49N/c1-4-7-10-13-15-18-29-20-24-33-31(27-29)22-23-32-28-30(19-16-14-11-8-5-2)21-25-34(32)35(33)26-17-12-9-6-3/h15-16,18-21,24-25,27-28H,4-14,17,22-23,26H2,1-3H3/b18-15+,19-16+. The molecule has 0 atom stereocenters. The van der Waals surface area contributed by atoms with Crippen LogP contribution in [0.1, 0.15) is 120 Å². The smallest absolute Gasteiger partial charge is 0.0443 e. The zero-order valence-electron chi connectivity index (χ0n) is 22.8. The Kier molecular flexibility index (Phi) is 12.2. The van der Waals surface area contributed by atoms with Crippen molar-refractivity contribution in [3.63, 3.8) is 0 Å². The van der Waals surface area contributed by atoms with Gasteiger partial charge in [0, 0.05) is 17.9 Å².